The van der Waals surface area contributed by atoms with Crippen molar-refractivity contribution >= 4 is 10.9 Å². The molecule has 0 spiro atoms. The van der Waals surface area contributed by atoms with Crippen LogP contribution in [-0.2, 0) is 6.54 Å². The number of H-pyrrole nitrogens is 1. The molecule has 160 valence electrons. The number of nitrogens with one attached hydrogen (secondary N) is 1. The molecule has 7 nitrogen and oxygen atoms in total. The van der Waals surface area contributed by atoms with Crippen LogP contribution in [0.1, 0.15) is 48.0 Å². The molecule has 0 saturated heterocycles. The van der Waals surface area contributed by atoms with Crippen molar-refractivity contribution in [2.45, 2.75) is 40.3 Å². The van der Waals surface area contributed by atoms with Crippen molar-refractivity contribution in [3.05, 3.63) is 87.0 Å². The lowest BCUT2D eigenvalue weighted by atomic mass is 10.00. The molecule has 0 aliphatic rings. The van der Waals surface area contributed by atoms with Gasteiger partial charge in [0.15, 0.2) is 5.82 Å². The molecule has 0 fully saturated rings. The predicted octanol–water partition coefficient (Wildman–Crippen LogP) is 3.61. The average molecular weight is 417 g/mol. The Balaban J connectivity index is 1.86. The second-order valence-corrected chi connectivity index (χ2v) is 7.83. The number of benzene rings is 2. The summed E-state index contributed by atoms with van der Waals surface area (Å²) in [5, 5.41) is 13.6. The van der Waals surface area contributed by atoms with Crippen molar-refractivity contribution in [3.63, 3.8) is 0 Å². The Morgan fingerprint density at radius 2 is 1.81 bits per heavy atom. The number of nitrogens with zero attached hydrogens (tertiary/aromatic N) is 5. The van der Waals surface area contributed by atoms with Crippen LogP contribution in [0.5, 0.6) is 0 Å². The van der Waals surface area contributed by atoms with Crippen molar-refractivity contribution in [2.75, 3.05) is 13.1 Å². The Hall–Kier alpha value is -3.32. The summed E-state index contributed by atoms with van der Waals surface area (Å²) in [6.45, 7) is 10.3. The zero-order valence-electron chi connectivity index (χ0n) is 18.5. The van der Waals surface area contributed by atoms with Gasteiger partial charge in [0.2, 0.25) is 0 Å². The molecule has 0 bridgehead atoms. The Morgan fingerprint density at radius 1 is 1.06 bits per heavy atom. The summed E-state index contributed by atoms with van der Waals surface area (Å²) in [4.78, 5) is 18.6. The Morgan fingerprint density at radius 3 is 2.52 bits per heavy atom. The molecular formula is C24H28N6O. The lowest BCUT2D eigenvalue weighted by Crippen LogP contribution is -2.35. The van der Waals surface area contributed by atoms with Gasteiger partial charge in [0.25, 0.3) is 5.56 Å². The SMILES string of the molecule is CCN(CC)[C@H](c1cc2ccc(C)c(C)c2[nH]c1=O)c1nnnn1Cc1ccccc1. The lowest BCUT2D eigenvalue weighted by molar-refractivity contribution is 0.235. The van der Waals surface area contributed by atoms with Gasteiger partial charge in [-0.2, -0.15) is 0 Å². The highest BCUT2D eigenvalue weighted by atomic mass is 16.1. The summed E-state index contributed by atoms with van der Waals surface area (Å²) in [6.07, 6.45) is 0. The zero-order valence-corrected chi connectivity index (χ0v) is 18.5. The fraction of sp³-hybridized carbons (Fsp3) is 0.333. The molecule has 0 saturated carbocycles. The first-order valence-electron chi connectivity index (χ1n) is 10.7. The first kappa shape index (κ1) is 20.9. The third kappa shape index (κ3) is 4.01. The minimum atomic E-state index is -0.344. The Labute approximate surface area is 181 Å². The van der Waals surface area contributed by atoms with E-state index in [0.29, 0.717) is 17.9 Å². The Kier molecular flexibility index (Phi) is 5.95. The number of aryl methyl sites for hydroxylation is 2. The fourth-order valence-electron chi connectivity index (χ4n) is 4.11. The van der Waals surface area contributed by atoms with Gasteiger partial charge in [-0.1, -0.05) is 56.3 Å². The summed E-state index contributed by atoms with van der Waals surface area (Å²) in [6, 6.07) is 15.9. The van der Waals surface area contributed by atoms with Gasteiger partial charge < -0.3 is 4.98 Å². The number of aromatic nitrogens is 5. The summed E-state index contributed by atoms with van der Waals surface area (Å²) in [7, 11) is 0. The minimum absolute atomic E-state index is 0.104. The maximum atomic E-state index is 13.3. The molecule has 31 heavy (non-hydrogen) atoms. The predicted molar refractivity (Wildman–Crippen MR) is 122 cm³/mol. The topological polar surface area (TPSA) is 79.7 Å². The molecule has 1 N–H and O–H groups in total. The van der Waals surface area contributed by atoms with Crippen LogP contribution in [0, 0.1) is 13.8 Å². The highest BCUT2D eigenvalue weighted by Crippen LogP contribution is 2.28. The smallest absolute Gasteiger partial charge is 0.253 e. The first-order valence-corrected chi connectivity index (χ1v) is 10.7. The number of hydrogen-bond acceptors (Lipinski definition) is 5. The number of rotatable bonds is 7. The van der Waals surface area contributed by atoms with E-state index in [9.17, 15) is 4.79 Å². The van der Waals surface area contributed by atoms with Gasteiger partial charge in [-0.3, -0.25) is 9.69 Å². The van der Waals surface area contributed by atoms with Crippen LogP contribution < -0.4 is 5.56 Å². The van der Waals surface area contributed by atoms with Crippen molar-refractivity contribution < 1.29 is 0 Å². The molecule has 0 radical (unpaired) electrons. The quantitative estimate of drug-likeness (QED) is 0.498. The molecule has 0 aliphatic carbocycles. The molecule has 4 aromatic rings. The number of aromatic amines is 1. The van der Waals surface area contributed by atoms with Crippen LogP contribution in [0.15, 0.2) is 53.3 Å². The van der Waals surface area contributed by atoms with Crippen LogP contribution in [0.4, 0.5) is 0 Å². The molecule has 0 amide bonds. The van der Waals surface area contributed by atoms with E-state index in [-0.39, 0.29) is 11.6 Å². The van der Waals surface area contributed by atoms with E-state index < -0.39 is 0 Å². The summed E-state index contributed by atoms with van der Waals surface area (Å²) in [5.74, 6) is 0.668. The molecular weight excluding hydrogens is 388 g/mol. The van der Waals surface area contributed by atoms with Gasteiger partial charge in [0.1, 0.15) is 6.04 Å². The monoisotopic (exact) mass is 416 g/mol. The highest BCUT2D eigenvalue weighted by Gasteiger charge is 2.29. The first-order chi connectivity index (χ1) is 15.0. The number of fused-ring (bicyclic) bond motifs is 1. The van der Waals surface area contributed by atoms with Crippen LogP contribution in [0.3, 0.4) is 0 Å². The van der Waals surface area contributed by atoms with E-state index in [1.165, 1.54) is 0 Å². The average Bonchev–Trinajstić information content (AvgIpc) is 3.23. The summed E-state index contributed by atoms with van der Waals surface area (Å²) in [5.41, 5.74) is 4.79. The molecule has 0 aliphatic heterocycles. The standard InChI is InChI=1S/C24H28N6O/c1-5-29(6-2)22(23-26-27-28-30(23)15-18-10-8-7-9-11-18)20-14-19-13-12-16(3)17(4)21(19)25-24(20)31/h7-14,22H,5-6,15H2,1-4H3,(H,25,31)/t22-/m1/s1. The maximum Gasteiger partial charge on any atom is 0.253 e. The lowest BCUT2D eigenvalue weighted by Gasteiger charge is -2.28. The van der Waals surface area contributed by atoms with E-state index in [0.717, 1.165) is 40.7 Å². The summed E-state index contributed by atoms with van der Waals surface area (Å²) < 4.78 is 1.79. The second kappa shape index (κ2) is 8.81. The maximum absolute atomic E-state index is 13.3. The van der Waals surface area contributed by atoms with Gasteiger partial charge in [0.05, 0.1) is 12.1 Å². The van der Waals surface area contributed by atoms with Crippen LogP contribution >= 0.6 is 0 Å². The minimum Gasteiger partial charge on any atom is -0.321 e. The van der Waals surface area contributed by atoms with Crippen molar-refractivity contribution in [1.82, 2.24) is 30.1 Å². The molecule has 2 heterocycles. The van der Waals surface area contributed by atoms with Gasteiger partial charge >= 0.3 is 0 Å². The van der Waals surface area contributed by atoms with Crippen LogP contribution in [-0.4, -0.2) is 43.2 Å². The number of hydrogen-bond donors (Lipinski definition) is 1. The largest absolute Gasteiger partial charge is 0.321 e. The van der Waals surface area contributed by atoms with Crippen molar-refractivity contribution in [1.29, 1.82) is 0 Å². The molecule has 2 aromatic heterocycles. The summed E-state index contributed by atoms with van der Waals surface area (Å²) >= 11 is 0. The van der Waals surface area contributed by atoms with E-state index >= 15 is 0 Å². The van der Waals surface area contributed by atoms with Gasteiger partial charge in [-0.15, -0.1) is 5.10 Å². The van der Waals surface area contributed by atoms with E-state index in [2.05, 4.69) is 58.3 Å². The Bertz CT molecular complexity index is 1240. The molecule has 1 atom stereocenters. The fourth-order valence-corrected chi connectivity index (χ4v) is 4.11. The molecule has 0 unspecified atom stereocenters. The molecule has 2 aromatic carbocycles. The molecule has 7 heteroatoms. The van der Waals surface area contributed by atoms with Crippen molar-refractivity contribution in [3.8, 4) is 0 Å². The van der Waals surface area contributed by atoms with E-state index in [1.54, 1.807) is 4.68 Å². The number of pyridine rings is 1. The highest BCUT2D eigenvalue weighted by molar-refractivity contribution is 5.83. The number of tetrazole rings is 1. The normalized spacial score (nSPS) is 12.5. The zero-order chi connectivity index (χ0) is 22.0. The van der Waals surface area contributed by atoms with Crippen LogP contribution in [0.25, 0.3) is 10.9 Å². The van der Waals surface area contributed by atoms with Crippen molar-refractivity contribution in [2.24, 2.45) is 0 Å². The van der Waals surface area contributed by atoms with Gasteiger partial charge in [-0.25, -0.2) is 4.68 Å². The van der Waals surface area contributed by atoms with Gasteiger partial charge in [0, 0.05) is 5.56 Å². The second-order valence-electron chi connectivity index (χ2n) is 7.83. The van der Waals surface area contributed by atoms with E-state index in [4.69, 9.17) is 0 Å². The third-order valence-electron chi connectivity index (χ3n) is 6.03. The van der Waals surface area contributed by atoms with Crippen LogP contribution in [0.2, 0.25) is 0 Å². The molecule has 4 rings (SSSR count). The van der Waals surface area contributed by atoms with E-state index in [1.807, 2.05) is 43.3 Å². The third-order valence-corrected chi connectivity index (χ3v) is 6.03. The van der Waals surface area contributed by atoms with Gasteiger partial charge in [-0.05, 0) is 65.5 Å².